The summed E-state index contributed by atoms with van der Waals surface area (Å²) in [5, 5.41) is 0. The predicted molar refractivity (Wildman–Crippen MR) is 87.4 cm³/mol. The lowest BCUT2D eigenvalue weighted by Gasteiger charge is -2.08. The van der Waals surface area contributed by atoms with E-state index < -0.39 is 0 Å². The van der Waals surface area contributed by atoms with E-state index >= 15 is 0 Å². The highest BCUT2D eigenvalue weighted by Crippen LogP contribution is 2.19. The predicted octanol–water partition coefficient (Wildman–Crippen LogP) is 4.58. The standard InChI is InChI=1S/C18H19ClO3/c19-13-5-4-8-18(20)22-17-11-9-16(10-12-17)21-14-15-6-2-1-3-7-15/h1-3,6-7,9-12H,4-5,8,13-14H2. The quantitative estimate of drug-likeness (QED) is 0.309. The lowest BCUT2D eigenvalue weighted by molar-refractivity contribution is -0.134. The van der Waals surface area contributed by atoms with Crippen molar-refractivity contribution >= 4 is 17.6 Å². The Kier molecular flexibility index (Phi) is 6.78. The Hall–Kier alpha value is -2.00. The molecule has 2 rings (SSSR count). The summed E-state index contributed by atoms with van der Waals surface area (Å²) in [5.41, 5.74) is 1.11. The summed E-state index contributed by atoms with van der Waals surface area (Å²) >= 11 is 5.57. The van der Waals surface area contributed by atoms with Crippen LogP contribution in [0.5, 0.6) is 11.5 Å². The van der Waals surface area contributed by atoms with Gasteiger partial charge in [-0.05, 0) is 42.7 Å². The average Bonchev–Trinajstić information content (AvgIpc) is 2.55. The summed E-state index contributed by atoms with van der Waals surface area (Å²) in [6.07, 6.45) is 1.96. The smallest absolute Gasteiger partial charge is 0.311 e. The van der Waals surface area contributed by atoms with Crippen LogP contribution in [0.15, 0.2) is 54.6 Å². The van der Waals surface area contributed by atoms with Gasteiger partial charge in [-0.2, -0.15) is 0 Å². The van der Waals surface area contributed by atoms with E-state index in [0.717, 1.165) is 24.2 Å². The van der Waals surface area contributed by atoms with Crippen LogP contribution in [0.3, 0.4) is 0 Å². The van der Waals surface area contributed by atoms with Gasteiger partial charge in [0.15, 0.2) is 0 Å². The van der Waals surface area contributed by atoms with Crippen molar-refractivity contribution in [2.24, 2.45) is 0 Å². The maximum absolute atomic E-state index is 11.6. The number of rotatable bonds is 8. The number of hydrogen-bond donors (Lipinski definition) is 0. The number of carbonyl (C=O) groups is 1. The fourth-order valence-corrected chi connectivity index (χ4v) is 2.08. The van der Waals surface area contributed by atoms with Gasteiger partial charge in [-0.3, -0.25) is 4.79 Å². The number of esters is 1. The summed E-state index contributed by atoms with van der Waals surface area (Å²) in [4.78, 5) is 11.6. The largest absolute Gasteiger partial charge is 0.489 e. The van der Waals surface area contributed by atoms with Gasteiger partial charge in [0, 0.05) is 12.3 Å². The van der Waals surface area contributed by atoms with Crippen LogP contribution in [-0.2, 0) is 11.4 Å². The molecule has 0 heterocycles. The number of carbonyl (C=O) groups excluding carboxylic acids is 1. The van der Waals surface area contributed by atoms with E-state index in [2.05, 4.69) is 0 Å². The summed E-state index contributed by atoms with van der Waals surface area (Å²) in [7, 11) is 0. The summed E-state index contributed by atoms with van der Waals surface area (Å²) < 4.78 is 10.9. The molecule has 116 valence electrons. The van der Waals surface area contributed by atoms with Crippen LogP contribution in [0.4, 0.5) is 0 Å². The highest BCUT2D eigenvalue weighted by molar-refractivity contribution is 6.17. The summed E-state index contributed by atoms with van der Waals surface area (Å²) in [6.45, 7) is 0.512. The zero-order valence-corrected chi connectivity index (χ0v) is 13.1. The van der Waals surface area contributed by atoms with E-state index in [9.17, 15) is 4.79 Å². The highest BCUT2D eigenvalue weighted by atomic mass is 35.5. The van der Waals surface area contributed by atoms with E-state index in [4.69, 9.17) is 21.1 Å². The van der Waals surface area contributed by atoms with Gasteiger partial charge < -0.3 is 9.47 Å². The van der Waals surface area contributed by atoms with Crippen molar-refractivity contribution in [3.8, 4) is 11.5 Å². The van der Waals surface area contributed by atoms with E-state index in [1.54, 1.807) is 24.3 Å². The molecule has 0 spiro atoms. The molecule has 0 amide bonds. The minimum Gasteiger partial charge on any atom is -0.489 e. The van der Waals surface area contributed by atoms with Crippen molar-refractivity contribution in [1.29, 1.82) is 0 Å². The first-order valence-electron chi connectivity index (χ1n) is 7.31. The highest BCUT2D eigenvalue weighted by Gasteiger charge is 2.05. The Morgan fingerprint density at radius 2 is 1.59 bits per heavy atom. The van der Waals surface area contributed by atoms with Crippen molar-refractivity contribution in [3.05, 3.63) is 60.2 Å². The van der Waals surface area contributed by atoms with E-state index in [1.165, 1.54) is 0 Å². The van der Waals surface area contributed by atoms with Gasteiger partial charge in [-0.15, -0.1) is 11.6 Å². The van der Waals surface area contributed by atoms with Gasteiger partial charge in [0.1, 0.15) is 18.1 Å². The Morgan fingerprint density at radius 3 is 2.27 bits per heavy atom. The molecule has 2 aromatic carbocycles. The Balaban J connectivity index is 1.79. The fraction of sp³-hybridized carbons (Fsp3) is 0.278. The third-order valence-corrected chi connectivity index (χ3v) is 3.34. The van der Waals surface area contributed by atoms with Crippen LogP contribution in [0, 0.1) is 0 Å². The molecular weight excluding hydrogens is 300 g/mol. The van der Waals surface area contributed by atoms with Gasteiger partial charge >= 0.3 is 5.97 Å². The maximum Gasteiger partial charge on any atom is 0.311 e. The fourth-order valence-electron chi connectivity index (χ4n) is 1.89. The number of unbranched alkanes of at least 4 members (excludes halogenated alkanes) is 1. The molecule has 0 atom stereocenters. The molecule has 0 aliphatic carbocycles. The van der Waals surface area contributed by atoms with Crippen molar-refractivity contribution in [1.82, 2.24) is 0 Å². The van der Waals surface area contributed by atoms with Crippen molar-refractivity contribution in [2.75, 3.05) is 5.88 Å². The van der Waals surface area contributed by atoms with E-state index in [1.807, 2.05) is 30.3 Å². The van der Waals surface area contributed by atoms with Crippen molar-refractivity contribution in [2.45, 2.75) is 25.9 Å². The molecular formula is C18H19ClO3. The zero-order valence-electron chi connectivity index (χ0n) is 12.3. The van der Waals surface area contributed by atoms with E-state index in [0.29, 0.717) is 24.7 Å². The van der Waals surface area contributed by atoms with Gasteiger partial charge in [-0.25, -0.2) is 0 Å². The second-order valence-corrected chi connectivity index (χ2v) is 5.24. The van der Waals surface area contributed by atoms with Crippen LogP contribution in [0.25, 0.3) is 0 Å². The van der Waals surface area contributed by atoms with Crippen molar-refractivity contribution < 1.29 is 14.3 Å². The number of benzene rings is 2. The number of hydrogen-bond acceptors (Lipinski definition) is 3. The minimum absolute atomic E-state index is 0.233. The van der Waals surface area contributed by atoms with Crippen LogP contribution in [-0.4, -0.2) is 11.8 Å². The minimum atomic E-state index is -0.233. The molecule has 0 fully saturated rings. The molecule has 0 saturated carbocycles. The van der Waals surface area contributed by atoms with E-state index in [-0.39, 0.29) is 5.97 Å². The topological polar surface area (TPSA) is 35.5 Å². The number of ether oxygens (including phenoxy) is 2. The number of halogens is 1. The lowest BCUT2D eigenvalue weighted by Crippen LogP contribution is -2.07. The first kappa shape index (κ1) is 16.4. The third-order valence-electron chi connectivity index (χ3n) is 3.07. The van der Waals surface area contributed by atoms with Crippen LogP contribution < -0.4 is 9.47 Å². The van der Waals surface area contributed by atoms with Crippen LogP contribution in [0.1, 0.15) is 24.8 Å². The Morgan fingerprint density at radius 1 is 0.909 bits per heavy atom. The summed E-state index contributed by atoms with van der Waals surface area (Å²) in [6, 6.07) is 17.0. The molecule has 3 nitrogen and oxygen atoms in total. The Labute approximate surface area is 135 Å². The molecule has 0 saturated heterocycles. The molecule has 0 radical (unpaired) electrons. The van der Waals surface area contributed by atoms with Crippen molar-refractivity contribution in [3.63, 3.8) is 0 Å². The molecule has 0 aliphatic rings. The first-order chi connectivity index (χ1) is 10.8. The molecule has 0 N–H and O–H groups in total. The van der Waals surface area contributed by atoms with Crippen LogP contribution >= 0.6 is 11.6 Å². The molecule has 4 heteroatoms. The van der Waals surface area contributed by atoms with Gasteiger partial charge in [0.2, 0.25) is 0 Å². The maximum atomic E-state index is 11.6. The second-order valence-electron chi connectivity index (χ2n) is 4.87. The molecule has 0 unspecified atom stereocenters. The van der Waals surface area contributed by atoms with Gasteiger partial charge in [0.05, 0.1) is 0 Å². The normalized spacial score (nSPS) is 10.2. The third kappa shape index (κ3) is 5.78. The monoisotopic (exact) mass is 318 g/mol. The molecule has 2 aromatic rings. The zero-order chi connectivity index (χ0) is 15.6. The number of alkyl halides is 1. The average molecular weight is 319 g/mol. The van der Waals surface area contributed by atoms with Crippen LogP contribution in [0.2, 0.25) is 0 Å². The lowest BCUT2D eigenvalue weighted by atomic mass is 10.2. The van der Waals surface area contributed by atoms with Gasteiger partial charge in [0.25, 0.3) is 0 Å². The SMILES string of the molecule is O=C(CCCCCl)Oc1ccc(OCc2ccccc2)cc1. The Bertz CT molecular complexity index is 567. The molecule has 22 heavy (non-hydrogen) atoms. The molecule has 0 aromatic heterocycles. The molecule has 0 bridgehead atoms. The second kappa shape index (κ2) is 9.11. The first-order valence-corrected chi connectivity index (χ1v) is 7.85. The summed E-state index contributed by atoms with van der Waals surface area (Å²) in [5.74, 6) is 1.61. The molecule has 0 aliphatic heterocycles. The van der Waals surface area contributed by atoms with Gasteiger partial charge in [-0.1, -0.05) is 30.3 Å².